The van der Waals surface area contributed by atoms with Crippen molar-refractivity contribution < 1.29 is 13.2 Å². The van der Waals surface area contributed by atoms with Crippen molar-refractivity contribution in [3.8, 4) is 0 Å². The van der Waals surface area contributed by atoms with Gasteiger partial charge in [-0.2, -0.15) is 0 Å². The second-order valence-electron chi connectivity index (χ2n) is 5.17. The number of sulfone groups is 1. The first-order chi connectivity index (χ1) is 7.46. The highest BCUT2D eigenvalue weighted by atomic mass is 32.2. The summed E-state index contributed by atoms with van der Waals surface area (Å²) in [5.74, 6) is 0.624. The maximum absolute atomic E-state index is 11.4. The van der Waals surface area contributed by atoms with E-state index in [2.05, 4.69) is 4.90 Å². The van der Waals surface area contributed by atoms with Gasteiger partial charge >= 0.3 is 0 Å². The van der Waals surface area contributed by atoms with E-state index < -0.39 is 9.84 Å². The topological polar surface area (TPSA) is 72.6 Å². The highest BCUT2D eigenvalue weighted by Gasteiger charge is 2.41. The second kappa shape index (κ2) is 4.25. The summed E-state index contributed by atoms with van der Waals surface area (Å²) in [4.78, 5) is 2.14. The molecule has 2 N–H and O–H groups in total. The molecule has 0 aromatic rings. The first kappa shape index (κ1) is 12.3. The molecule has 0 radical (unpaired) electrons. The number of ether oxygens (including phenoxy) is 1. The maximum atomic E-state index is 11.4. The van der Waals surface area contributed by atoms with Crippen LogP contribution >= 0.6 is 0 Å². The van der Waals surface area contributed by atoms with E-state index in [0.717, 1.165) is 13.0 Å². The van der Waals surface area contributed by atoms with Crippen LogP contribution in [0.1, 0.15) is 6.42 Å². The van der Waals surface area contributed by atoms with Crippen LogP contribution < -0.4 is 5.73 Å². The van der Waals surface area contributed by atoms with E-state index in [1.807, 2.05) is 7.05 Å². The van der Waals surface area contributed by atoms with Crippen molar-refractivity contribution in [2.75, 3.05) is 44.9 Å². The molecule has 2 heterocycles. The monoisotopic (exact) mass is 248 g/mol. The van der Waals surface area contributed by atoms with Crippen LogP contribution in [0.25, 0.3) is 0 Å². The van der Waals surface area contributed by atoms with Crippen LogP contribution in [0.3, 0.4) is 0 Å². The van der Waals surface area contributed by atoms with Crippen molar-refractivity contribution in [3.63, 3.8) is 0 Å². The van der Waals surface area contributed by atoms with Crippen molar-refractivity contribution in [1.29, 1.82) is 0 Å². The minimum Gasteiger partial charge on any atom is -0.380 e. The summed E-state index contributed by atoms with van der Waals surface area (Å²) in [6.45, 7) is 2.85. The third-order valence-corrected chi connectivity index (χ3v) is 5.42. The Morgan fingerprint density at radius 3 is 2.56 bits per heavy atom. The Kier molecular flexibility index (Phi) is 3.27. The molecule has 0 bridgehead atoms. The largest absolute Gasteiger partial charge is 0.380 e. The number of nitrogens with two attached hydrogens (primary N) is 1. The standard InChI is InChI=1S/C10H20N2O3S/c1-12(6-10(5-11)7-15-8-10)9-2-3-16(13,14)4-9/h9H,2-8,11H2,1H3. The molecular weight excluding hydrogens is 228 g/mol. The van der Waals surface area contributed by atoms with Gasteiger partial charge in [-0.1, -0.05) is 0 Å². The lowest BCUT2D eigenvalue weighted by Crippen LogP contribution is -2.56. The predicted octanol–water partition coefficient (Wildman–Crippen LogP) is -0.919. The highest BCUT2D eigenvalue weighted by molar-refractivity contribution is 7.91. The average molecular weight is 248 g/mol. The Labute approximate surface area is 96.9 Å². The summed E-state index contributed by atoms with van der Waals surface area (Å²) in [5, 5.41) is 0. The van der Waals surface area contributed by atoms with E-state index in [4.69, 9.17) is 10.5 Å². The zero-order chi connectivity index (χ0) is 11.8. The molecule has 2 aliphatic heterocycles. The Morgan fingerprint density at radius 2 is 2.19 bits per heavy atom. The average Bonchev–Trinajstić information content (AvgIpc) is 2.52. The molecule has 0 saturated carbocycles. The second-order valence-corrected chi connectivity index (χ2v) is 7.40. The molecule has 2 aliphatic rings. The van der Waals surface area contributed by atoms with Crippen molar-refractivity contribution >= 4 is 9.84 Å². The Hall–Kier alpha value is -0.170. The fourth-order valence-electron chi connectivity index (χ4n) is 2.45. The summed E-state index contributed by atoms with van der Waals surface area (Å²) >= 11 is 0. The van der Waals surface area contributed by atoms with Crippen molar-refractivity contribution in [1.82, 2.24) is 4.90 Å². The van der Waals surface area contributed by atoms with Gasteiger partial charge in [0.2, 0.25) is 0 Å². The van der Waals surface area contributed by atoms with Crippen LogP contribution in [0.5, 0.6) is 0 Å². The Bertz CT molecular complexity index is 346. The van der Waals surface area contributed by atoms with Crippen molar-refractivity contribution in [2.45, 2.75) is 12.5 Å². The van der Waals surface area contributed by atoms with Gasteiger partial charge in [-0.05, 0) is 13.5 Å². The van der Waals surface area contributed by atoms with Gasteiger partial charge in [-0.3, -0.25) is 0 Å². The predicted molar refractivity (Wildman–Crippen MR) is 62.0 cm³/mol. The van der Waals surface area contributed by atoms with Crippen LogP contribution in [0, 0.1) is 5.41 Å². The quantitative estimate of drug-likeness (QED) is 0.696. The number of rotatable bonds is 4. The number of nitrogens with zero attached hydrogens (tertiary/aromatic N) is 1. The van der Waals surface area contributed by atoms with E-state index in [-0.39, 0.29) is 11.5 Å². The van der Waals surface area contributed by atoms with Gasteiger partial charge in [-0.15, -0.1) is 0 Å². The lowest BCUT2D eigenvalue weighted by atomic mass is 9.85. The molecule has 0 amide bonds. The van der Waals surface area contributed by atoms with Crippen LogP contribution in [0.2, 0.25) is 0 Å². The summed E-state index contributed by atoms with van der Waals surface area (Å²) in [6.07, 6.45) is 0.750. The molecule has 2 fully saturated rings. The van der Waals surface area contributed by atoms with Gasteiger partial charge in [0.1, 0.15) is 0 Å². The summed E-state index contributed by atoms with van der Waals surface area (Å²) < 4.78 is 28.0. The molecule has 0 spiro atoms. The fraction of sp³-hybridized carbons (Fsp3) is 1.00. The zero-order valence-corrected chi connectivity index (χ0v) is 10.5. The molecule has 2 rings (SSSR count). The first-order valence-electron chi connectivity index (χ1n) is 5.65. The van der Waals surface area contributed by atoms with E-state index in [0.29, 0.717) is 31.3 Å². The summed E-state index contributed by atoms with van der Waals surface area (Å²) in [7, 11) is -0.808. The van der Waals surface area contributed by atoms with E-state index in [1.54, 1.807) is 0 Å². The van der Waals surface area contributed by atoms with Gasteiger partial charge in [0.05, 0.1) is 24.7 Å². The summed E-state index contributed by atoms with van der Waals surface area (Å²) in [5.41, 5.74) is 5.80. The first-order valence-corrected chi connectivity index (χ1v) is 7.47. The molecule has 16 heavy (non-hydrogen) atoms. The molecule has 5 nitrogen and oxygen atoms in total. The van der Waals surface area contributed by atoms with Crippen LogP contribution in [-0.4, -0.2) is 64.2 Å². The van der Waals surface area contributed by atoms with Gasteiger partial charge in [0.15, 0.2) is 9.84 Å². The molecule has 94 valence electrons. The van der Waals surface area contributed by atoms with Gasteiger partial charge in [0.25, 0.3) is 0 Å². The third-order valence-electron chi connectivity index (χ3n) is 3.67. The molecule has 0 aliphatic carbocycles. The minimum atomic E-state index is -2.80. The van der Waals surface area contributed by atoms with Crippen LogP contribution in [0.4, 0.5) is 0 Å². The molecule has 0 aromatic carbocycles. The van der Waals surface area contributed by atoms with E-state index >= 15 is 0 Å². The van der Waals surface area contributed by atoms with Gasteiger partial charge < -0.3 is 15.4 Å². The zero-order valence-electron chi connectivity index (χ0n) is 9.68. The number of hydrogen-bond acceptors (Lipinski definition) is 5. The number of hydrogen-bond donors (Lipinski definition) is 1. The van der Waals surface area contributed by atoms with Crippen LogP contribution in [-0.2, 0) is 14.6 Å². The molecule has 1 unspecified atom stereocenters. The van der Waals surface area contributed by atoms with Crippen LogP contribution in [0.15, 0.2) is 0 Å². The highest BCUT2D eigenvalue weighted by Crippen LogP contribution is 2.29. The lowest BCUT2D eigenvalue weighted by Gasteiger charge is -2.44. The Balaban J connectivity index is 1.91. The summed E-state index contributed by atoms with van der Waals surface area (Å²) in [6, 6.07) is 0.161. The molecule has 0 aromatic heterocycles. The molecule has 2 saturated heterocycles. The fourth-order valence-corrected chi connectivity index (χ4v) is 4.25. The normalized spacial score (nSPS) is 31.6. The smallest absolute Gasteiger partial charge is 0.151 e. The van der Waals surface area contributed by atoms with Gasteiger partial charge in [-0.25, -0.2) is 8.42 Å². The van der Waals surface area contributed by atoms with Gasteiger partial charge in [0, 0.05) is 24.5 Å². The third kappa shape index (κ3) is 2.40. The molecular formula is C10H20N2O3S. The minimum absolute atomic E-state index is 0.0566. The van der Waals surface area contributed by atoms with E-state index in [1.165, 1.54) is 0 Å². The van der Waals surface area contributed by atoms with E-state index in [9.17, 15) is 8.42 Å². The molecule has 1 atom stereocenters. The molecule has 6 heteroatoms. The van der Waals surface area contributed by atoms with Crippen molar-refractivity contribution in [3.05, 3.63) is 0 Å². The SMILES string of the molecule is CN(CC1(CN)COC1)C1CCS(=O)(=O)C1. The lowest BCUT2D eigenvalue weighted by molar-refractivity contribution is -0.120. The van der Waals surface area contributed by atoms with Crippen molar-refractivity contribution in [2.24, 2.45) is 11.1 Å². The maximum Gasteiger partial charge on any atom is 0.151 e. The Morgan fingerprint density at radius 1 is 1.50 bits per heavy atom.